The third-order valence-corrected chi connectivity index (χ3v) is 1.57. The van der Waals surface area contributed by atoms with Crippen LogP contribution < -0.4 is 5.32 Å². The first kappa shape index (κ1) is 11.4. The molecule has 0 unspecified atom stereocenters. The topological polar surface area (TPSA) is 104 Å². The van der Waals surface area contributed by atoms with Crippen molar-refractivity contribution in [3.05, 3.63) is 0 Å². The van der Waals surface area contributed by atoms with E-state index in [1.165, 1.54) is 6.92 Å². The first-order chi connectivity index (χ1) is 5.84. The van der Waals surface area contributed by atoms with Crippen LogP contribution in [0.15, 0.2) is 0 Å². The number of carboxylic acid groups (broad SMARTS) is 2. The van der Waals surface area contributed by atoms with Gasteiger partial charge in [-0.05, 0) is 6.92 Å². The molecule has 0 aromatic heterocycles. The van der Waals surface area contributed by atoms with Gasteiger partial charge in [0.2, 0.25) is 11.4 Å². The second-order valence-electron chi connectivity index (χ2n) is 2.64. The van der Waals surface area contributed by atoms with E-state index >= 15 is 0 Å². The van der Waals surface area contributed by atoms with Crippen molar-refractivity contribution in [3.63, 3.8) is 0 Å². The lowest BCUT2D eigenvalue weighted by Crippen LogP contribution is -2.57. The number of rotatable bonds is 4. The summed E-state index contributed by atoms with van der Waals surface area (Å²) in [6.07, 6.45) is 0.0378. The molecular formula is C7H11NO5. The Balaban J connectivity index is 4.72. The molecule has 0 bridgehead atoms. The van der Waals surface area contributed by atoms with Gasteiger partial charge >= 0.3 is 11.9 Å². The van der Waals surface area contributed by atoms with Gasteiger partial charge in [-0.25, -0.2) is 9.59 Å². The number of carbonyl (C=O) groups is 3. The maximum Gasteiger partial charge on any atom is 0.340 e. The number of hydrogen-bond acceptors (Lipinski definition) is 3. The van der Waals surface area contributed by atoms with Crippen LogP contribution in [0.1, 0.15) is 20.3 Å². The van der Waals surface area contributed by atoms with Gasteiger partial charge in [-0.15, -0.1) is 0 Å². The summed E-state index contributed by atoms with van der Waals surface area (Å²) in [6, 6.07) is 0. The zero-order valence-corrected chi connectivity index (χ0v) is 7.33. The Bertz CT molecular complexity index is 233. The molecule has 0 fully saturated rings. The van der Waals surface area contributed by atoms with E-state index in [9.17, 15) is 14.4 Å². The van der Waals surface area contributed by atoms with E-state index in [-0.39, 0.29) is 6.42 Å². The van der Waals surface area contributed by atoms with Crippen LogP contribution in [0.5, 0.6) is 0 Å². The lowest BCUT2D eigenvalue weighted by molar-refractivity contribution is -0.160. The van der Waals surface area contributed by atoms with E-state index in [2.05, 4.69) is 0 Å². The number of hydrogen-bond donors (Lipinski definition) is 3. The SMILES string of the molecule is CCC(=O)NC(C)(C(=O)O)C(=O)O. The van der Waals surface area contributed by atoms with Gasteiger partial charge in [-0.1, -0.05) is 6.92 Å². The van der Waals surface area contributed by atoms with E-state index in [1.54, 1.807) is 0 Å². The monoisotopic (exact) mass is 189 g/mol. The van der Waals surface area contributed by atoms with Crippen molar-refractivity contribution in [1.82, 2.24) is 5.32 Å². The molecule has 0 rings (SSSR count). The minimum absolute atomic E-state index is 0.0378. The number of carboxylic acids is 2. The van der Waals surface area contributed by atoms with Crippen molar-refractivity contribution in [2.45, 2.75) is 25.8 Å². The maximum atomic E-state index is 10.8. The molecule has 74 valence electrons. The van der Waals surface area contributed by atoms with E-state index in [0.717, 1.165) is 6.92 Å². The Labute approximate surface area is 74.6 Å². The van der Waals surface area contributed by atoms with Crippen LogP contribution in [0, 0.1) is 0 Å². The summed E-state index contributed by atoms with van der Waals surface area (Å²) in [6.45, 7) is 2.42. The van der Waals surface area contributed by atoms with E-state index in [1.807, 2.05) is 5.32 Å². The van der Waals surface area contributed by atoms with Crippen LogP contribution in [0.25, 0.3) is 0 Å². The summed E-state index contributed by atoms with van der Waals surface area (Å²) in [5.41, 5.74) is -2.24. The highest BCUT2D eigenvalue weighted by Gasteiger charge is 2.42. The van der Waals surface area contributed by atoms with Gasteiger partial charge in [0.1, 0.15) is 0 Å². The van der Waals surface area contributed by atoms with Gasteiger partial charge in [0.05, 0.1) is 0 Å². The first-order valence-electron chi connectivity index (χ1n) is 3.62. The van der Waals surface area contributed by atoms with Crippen LogP contribution in [0.2, 0.25) is 0 Å². The lowest BCUT2D eigenvalue weighted by atomic mass is 10.0. The van der Waals surface area contributed by atoms with Gasteiger partial charge < -0.3 is 15.5 Å². The molecule has 3 N–H and O–H groups in total. The van der Waals surface area contributed by atoms with Crippen LogP contribution in [0.3, 0.4) is 0 Å². The number of aliphatic carboxylic acids is 2. The van der Waals surface area contributed by atoms with Crippen LogP contribution in [0.4, 0.5) is 0 Å². The second-order valence-corrected chi connectivity index (χ2v) is 2.64. The molecule has 0 aliphatic heterocycles. The predicted molar refractivity (Wildman–Crippen MR) is 42.1 cm³/mol. The molecule has 0 atom stereocenters. The van der Waals surface area contributed by atoms with Crippen molar-refractivity contribution in [3.8, 4) is 0 Å². The van der Waals surface area contributed by atoms with Crippen molar-refractivity contribution in [2.75, 3.05) is 0 Å². The highest BCUT2D eigenvalue weighted by molar-refractivity contribution is 6.05. The Kier molecular flexibility index (Phi) is 3.41. The normalized spacial score (nSPS) is 10.6. The van der Waals surface area contributed by atoms with E-state index < -0.39 is 23.4 Å². The molecular weight excluding hydrogens is 178 g/mol. The molecule has 0 aromatic carbocycles. The molecule has 0 aliphatic carbocycles. The van der Waals surface area contributed by atoms with E-state index in [4.69, 9.17) is 10.2 Å². The molecule has 6 nitrogen and oxygen atoms in total. The Hall–Kier alpha value is -1.59. The molecule has 0 saturated heterocycles. The molecule has 0 saturated carbocycles. The van der Waals surface area contributed by atoms with Crippen molar-refractivity contribution < 1.29 is 24.6 Å². The zero-order chi connectivity index (χ0) is 10.6. The summed E-state index contributed by atoms with van der Waals surface area (Å²) >= 11 is 0. The fraction of sp³-hybridized carbons (Fsp3) is 0.571. The third-order valence-electron chi connectivity index (χ3n) is 1.57. The van der Waals surface area contributed by atoms with Crippen molar-refractivity contribution in [2.24, 2.45) is 0 Å². The Morgan fingerprint density at radius 3 is 1.85 bits per heavy atom. The Morgan fingerprint density at radius 2 is 1.62 bits per heavy atom. The summed E-state index contributed by atoms with van der Waals surface area (Å²) < 4.78 is 0. The third kappa shape index (κ3) is 2.43. The van der Waals surface area contributed by atoms with Crippen molar-refractivity contribution >= 4 is 17.8 Å². The number of carbonyl (C=O) groups excluding carboxylic acids is 1. The minimum Gasteiger partial charge on any atom is -0.479 e. The average Bonchev–Trinajstić information content (AvgIpc) is 2.03. The highest BCUT2D eigenvalue weighted by Crippen LogP contribution is 2.04. The molecule has 0 heterocycles. The fourth-order valence-electron chi connectivity index (χ4n) is 0.566. The van der Waals surface area contributed by atoms with Crippen LogP contribution >= 0.6 is 0 Å². The Morgan fingerprint density at radius 1 is 1.23 bits per heavy atom. The van der Waals surface area contributed by atoms with Crippen molar-refractivity contribution in [1.29, 1.82) is 0 Å². The van der Waals surface area contributed by atoms with Gasteiger partial charge in [0, 0.05) is 6.42 Å². The quantitative estimate of drug-likeness (QED) is 0.514. The zero-order valence-electron chi connectivity index (χ0n) is 7.33. The summed E-state index contributed by atoms with van der Waals surface area (Å²) in [5.74, 6) is -3.81. The largest absolute Gasteiger partial charge is 0.479 e. The minimum atomic E-state index is -2.24. The molecule has 1 amide bonds. The smallest absolute Gasteiger partial charge is 0.340 e. The fourth-order valence-corrected chi connectivity index (χ4v) is 0.566. The van der Waals surface area contributed by atoms with Gasteiger partial charge in [-0.3, -0.25) is 4.79 Å². The summed E-state index contributed by atoms with van der Waals surface area (Å²) in [5, 5.41) is 19.0. The first-order valence-corrected chi connectivity index (χ1v) is 3.62. The molecule has 0 radical (unpaired) electrons. The average molecular weight is 189 g/mol. The molecule has 0 aromatic rings. The molecule has 0 aliphatic rings. The maximum absolute atomic E-state index is 10.8. The molecule has 6 heteroatoms. The summed E-state index contributed by atoms with van der Waals surface area (Å²) in [7, 11) is 0. The molecule has 13 heavy (non-hydrogen) atoms. The van der Waals surface area contributed by atoms with Gasteiger partial charge in [0.25, 0.3) is 0 Å². The summed E-state index contributed by atoms with van der Waals surface area (Å²) in [4.78, 5) is 31.8. The van der Waals surface area contributed by atoms with Crippen LogP contribution in [-0.4, -0.2) is 33.6 Å². The van der Waals surface area contributed by atoms with Crippen LogP contribution in [-0.2, 0) is 14.4 Å². The van der Waals surface area contributed by atoms with Gasteiger partial charge in [0.15, 0.2) is 0 Å². The van der Waals surface area contributed by atoms with Gasteiger partial charge in [-0.2, -0.15) is 0 Å². The lowest BCUT2D eigenvalue weighted by Gasteiger charge is -2.20. The van der Waals surface area contributed by atoms with E-state index in [0.29, 0.717) is 0 Å². The number of amides is 1. The predicted octanol–water partition coefficient (Wildman–Crippen LogP) is -0.559. The standard InChI is InChI=1S/C7H11NO5/c1-3-4(9)8-7(2,5(10)11)6(12)13/h3H2,1-2H3,(H,8,9)(H,10,11)(H,12,13). The highest BCUT2D eigenvalue weighted by atomic mass is 16.4. The molecule has 0 spiro atoms. The number of nitrogens with one attached hydrogen (secondary N) is 1. The second kappa shape index (κ2) is 3.88.